The highest BCUT2D eigenvalue weighted by Gasteiger charge is 2.17. The van der Waals surface area contributed by atoms with Gasteiger partial charge in [-0.3, -0.25) is 0 Å². The zero-order valence-electron chi connectivity index (χ0n) is 18.0. The first-order valence-corrected chi connectivity index (χ1v) is 9.02. The summed E-state index contributed by atoms with van der Waals surface area (Å²) in [5.41, 5.74) is 2.33. The molecule has 3 rings (SSSR count). The van der Waals surface area contributed by atoms with E-state index in [4.69, 9.17) is 13.5 Å². The zero-order valence-corrected chi connectivity index (χ0v) is 18.0. The molecule has 0 saturated carbocycles. The van der Waals surface area contributed by atoms with Gasteiger partial charge >= 0.3 is 0 Å². The van der Waals surface area contributed by atoms with Crippen molar-refractivity contribution in [1.82, 2.24) is 15.3 Å². The van der Waals surface area contributed by atoms with Crippen LogP contribution in [0, 0.1) is 0 Å². The summed E-state index contributed by atoms with van der Waals surface area (Å²) in [6, 6.07) is 3.78. The van der Waals surface area contributed by atoms with Crippen LogP contribution >= 0.6 is 0 Å². The van der Waals surface area contributed by atoms with Crippen molar-refractivity contribution in [2.24, 2.45) is 0 Å². The van der Waals surface area contributed by atoms with Crippen LogP contribution in [-0.2, 0) is 16.2 Å². The van der Waals surface area contributed by atoms with Gasteiger partial charge in [-0.25, -0.2) is 4.98 Å². The van der Waals surface area contributed by atoms with Crippen molar-refractivity contribution in [3.63, 3.8) is 0 Å². The van der Waals surface area contributed by atoms with Crippen molar-refractivity contribution >= 4 is 0 Å². The topological polar surface area (TPSA) is 78.1 Å². The highest BCUT2D eigenvalue weighted by atomic mass is 16.5. The Kier molecular flexibility index (Phi) is 7.57. The average Bonchev–Trinajstić information content (AvgIpc) is 3.28. The van der Waals surface area contributed by atoms with Gasteiger partial charge in [0.25, 0.3) is 0 Å². The normalized spacial score (nSPS) is 11.9. The molecule has 0 amide bonds. The first-order valence-electron chi connectivity index (χ1n) is 9.02. The lowest BCUT2D eigenvalue weighted by Crippen LogP contribution is -2.10. The fourth-order valence-electron chi connectivity index (χ4n) is 1.79. The second-order valence-electron chi connectivity index (χ2n) is 9.39. The highest BCUT2D eigenvalue weighted by molar-refractivity contribution is 5.08. The third-order valence-electron chi connectivity index (χ3n) is 3.58. The van der Waals surface area contributed by atoms with Crippen molar-refractivity contribution in [2.75, 3.05) is 0 Å². The van der Waals surface area contributed by atoms with E-state index >= 15 is 0 Å². The number of hydrogen-bond acceptors (Lipinski definition) is 6. The molecule has 0 saturated heterocycles. The Hall–Kier alpha value is -2.37. The average molecular weight is 376 g/mol. The monoisotopic (exact) mass is 375 g/mol. The second kappa shape index (κ2) is 9.02. The standard InChI is InChI=1S/3C7H11NO/c1-7(2,3)6-4-9-5-8-6;1-7(2,3)6-4-5-9-8-6;1-7(2,3)6-4-5-8-9-6/h3*4-5H,1-3H3. The molecule has 0 bridgehead atoms. The lowest BCUT2D eigenvalue weighted by Gasteiger charge is -2.12. The van der Waals surface area contributed by atoms with Gasteiger partial charge in [-0.2, -0.15) is 0 Å². The number of nitrogens with zero attached hydrogens (tertiary/aromatic N) is 3. The van der Waals surface area contributed by atoms with Gasteiger partial charge < -0.3 is 13.5 Å². The Morgan fingerprint density at radius 2 is 1.41 bits per heavy atom. The highest BCUT2D eigenvalue weighted by Crippen LogP contribution is 2.21. The Balaban J connectivity index is 0.000000202. The van der Waals surface area contributed by atoms with E-state index in [2.05, 4.69) is 77.6 Å². The first-order chi connectivity index (χ1) is 12.3. The van der Waals surface area contributed by atoms with Crippen molar-refractivity contribution in [3.05, 3.63) is 54.4 Å². The fourth-order valence-corrected chi connectivity index (χ4v) is 1.79. The predicted octanol–water partition coefficient (Wildman–Crippen LogP) is 5.92. The number of aromatic nitrogens is 3. The largest absolute Gasteiger partial charge is 0.451 e. The third-order valence-corrected chi connectivity index (χ3v) is 3.58. The van der Waals surface area contributed by atoms with Gasteiger partial charge in [0.05, 0.1) is 17.6 Å². The molecule has 0 atom stereocenters. The van der Waals surface area contributed by atoms with Gasteiger partial charge in [-0.15, -0.1) is 0 Å². The smallest absolute Gasteiger partial charge is 0.180 e. The summed E-state index contributed by atoms with van der Waals surface area (Å²) in [6.45, 7) is 18.9. The van der Waals surface area contributed by atoms with Crippen LogP contribution in [0.3, 0.4) is 0 Å². The lowest BCUT2D eigenvalue weighted by molar-refractivity contribution is 0.329. The van der Waals surface area contributed by atoms with Crippen molar-refractivity contribution in [3.8, 4) is 0 Å². The van der Waals surface area contributed by atoms with E-state index < -0.39 is 0 Å². The van der Waals surface area contributed by atoms with Crippen molar-refractivity contribution in [1.29, 1.82) is 0 Å². The first kappa shape index (κ1) is 22.7. The molecule has 0 N–H and O–H groups in total. The SMILES string of the molecule is CC(C)(C)c1ccno1.CC(C)(C)c1ccon1.CC(C)(C)c1cocn1. The van der Waals surface area contributed by atoms with E-state index in [0.29, 0.717) is 0 Å². The zero-order chi connectivity index (χ0) is 20.7. The van der Waals surface area contributed by atoms with Crippen LogP contribution in [0.1, 0.15) is 79.5 Å². The lowest BCUT2D eigenvalue weighted by atomic mass is 9.93. The molecule has 0 spiro atoms. The summed E-state index contributed by atoms with van der Waals surface area (Å²) in [7, 11) is 0. The molecule has 0 radical (unpaired) electrons. The minimum atomic E-state index is 0.0938. The van der Waals surface area contributed by atoms with Gasteiger partial charge in [0.1, 0.15) is 18.3 Å². The Labute approximate surface area is 162 Å². The Morgan fingerprint density at radius 1 is 0.778 bits per heavy atom. The molecule has 3 aromatic heterocycles. The summed E-state index contributed by atoms with van der Waals surface area (Å²) >= 11 is 0. The van der Waals surface area contributed by atoms with Gasteiger partial charge in [0, 0.05) is 28.4 Å². The fraction of sp³-hybridized carbons (Fsp3) is 0.571. The molecule has 0 aliphatic heterocycles. The number of hydrogen-bond donors (Lipinski definition) is 0. The van der Waals surface area contributed by atoms with Crippen molar-refractivity contribution in [2.45, 2.75) is 78.6 Å². The molecule has 0 aromatic carbocycles. The van der Waals surface area contributed by atoms with E-state index in [1.54, 1.807) is 18.7 Å². The van der Waals surface area contributed by atoms with Crippen LogP contribution < -0.4 is 0 Å². The quantitative estimate of drug-likeness (QED) is 0.485. The Bertz CT molecular complexity index is 619. The molecule has 0 unspecified atom stereocenters. The van der Waals surface area contributed by atoms with Crippen LogP contribution in [0.25, 0.3) is 0 Å². The summed E-state index contributed by atoms with van der Waals surface area (Å²) in [5.74, 6) is 0.933. The van der Waals surface area contributed by atoms with Gasteiger partial charge in [0.15, 0.2) is 6.39 Å². The predicted molar refractivity (Wildman–Crippen MR) is 106 cm³/mol. The minimum absolute atomic E-state index is 0.0938. The number of oxazole rings is 1. The maximum absolute atomic E-state index is 4.95. The van der Waals surface area contributed by atoms with E-state index in [0.717, 1.165) is 17.1 Å². The molecule has 6 nitrogen and oxygen atoms in total. The van der Waals surface area contributed by atoms with Crippen LogP contribution in [0.15, 0.2) is 50.7 Å². The molecule has 3 aromatic rings. The second-order valence-corrected chi connectivity index (χ2v) is 9.39. The Morgan fingerprint density at radius 3 is 1.63 bits per heavy atom. The maximum Gasteiger partial charge on any atom is 0.180 e. The molecule has 6 heteroatoms. The van der Waals surface area contributed by atoms with Crippen LogP contribution in [0.5, 0.6) is 0 Å². The van der Waals surface area contributed by atoms with Crippen molar-refractivity contribution < 1.29 is 13.5 Å². The number of rotatable bonds is 0. The van der Waals surface area contributed by atoms with Crippen LogP contribution in [0.2, 0.25) is 0 Å². The molecule has 0 fully saturated rings. The molecule has 0 aliphatic carbocycles. The maximum atomic E-state index is 4.95. The molecule has 0 aliphatic rings. The van der Waals surface area contributed by atoms with E-state index in [1.165, 1.54) is 6.39 Å². The molecule has 3 heterocycles. The van der Waals surface area contributed by atoms with Gasteiger partial charge in [0.2, 0.25) is 0 Å². The van der Waals surface area contributed by atoms with Gasteiger partial charge in [-0.1, -0.05) is 72.6 Å². The molecule has 150 valence electrons. The third kappa shape index (κ3) is 8.24. The van der Waals surface area contributed by atoms with Crippen LogP contribution in [0.4, 0.5) is 0 Å². The summed E-state index contributed by atoms with van der Waals surface area (Å²) in [4.78, 5) is 4.02. The van der Waals surface area contributed by atoms with Crippen LogP contribution in [-0.4, -0.2) is 15.3 Å². The van der Waals surface area contributed by atoms with Gasteiger partial charge in [-0.05, 0) is 0 Å². The van der Waals surface area contributed by atoms with E-state index in [9.17, 15) is 0 Å². The van der Waals surface area contributed by atoms with E-state index in [-0.39, 0.29) is 16.2 Å². The summed E-state index contributed by atoms with van der Waals surface area (Å²) < 4.78 is 14.5. The van der Waals surface area contributed by atoms with E-state index in [1.807, 2.05) is 12.1 Å². The summed E-state index contributed by atoms with van der Waals surface area (Å²) in [5, 5.41) is 7.43. The molecular formula is C21H33N3O3. The minimum Gasteiger partial charge on any atom is -0.451 e. The molecule has 27 heavy (non-hydrogen) atoms. The molecular weight excluding hydrogens is 342 g/mol. The summed E-state index contributed by atoms with van der Waals surface area (Å²) in [6.07, 6.45) is 6.40.